The minimum absolute atomic E-state index is 0.102. The first-order chi connectivity index (χ1) is 11.4. The van der Waals surface area contributed by atoms with Gasteiger partial charge in [0.2, 0.25) is 0 Å². The monoisotopic (exact) mass is 388 g/mol. The van der Waals surface area contributed by atoms with Crippen LogP contribution in [0.15, 0.2) is 18.2 Å². The maximum Gasteiger partial charge on any atom is 0.257 e. The Bertz CT molecular complexity index is 773. The van der Waals surface area contributed by atoms with Crippen LogP contribution in [0.2, 0.25) is 10.0 Å². The molecular weight excluding hydrogens is 371 g/mol. The fraction of sp³-hybridized carbons (Fsp3) is 0.400. The zero-order chi connectivity index (χ0) is 17.7. The zero-order valence-electron chi connectivity index (χ0n) is 13.3. The van der Waals surface area contributed by atoms with Gasteiger partial charge in [-0.1, -0.05) is 23.2 Å². The molecule has 0 atom stereocenters. The normalized spacial score (nSPS) is 10.9. The number of halogens is 2. The van der Waals surface area contributed by atoms with Crippen LogP contribution in [0.3, 0.4) is 0 Å². The van der Waals surface area contributed by atoms with Gasteiger partial charge in [-0.25, -0.2) is 0 Å². The Morgan fingerprint density at radius 3 is 2.83 bits per heavy atom. The van der Waals surface area contributed by atoms with Crippen molar-refractivity contribution in [3.63, 3.8) is 0 Å². The summed E-state index contributed by atoms with van der Waals surface area (Å²) in [5, 5.41) is 10.5. The van der Waals surface area contributed by atoms with Crippen molar-refractivity contribution in [1.29, 1.82) is 0 Å². The Labute approximate surface area is 155 Å². The second-order valence-corrected chi connectivity index (χ2v) is 6.57. The largest absolute Gasteiger partial charge is 0.484 e. The first-order valence-corrected chi connectivity index (χ1v) is 8.55. The molecule has 1 amide bonds. The van der Waals surface area contributed by atoms with Gasteiger partial charge < -0.3 is 14.6 Å². The van der Waals surface area contributed by atoms with Crippen molar-refractivity contribution in [2.75, 3.05) is 13.2 Å². The van der Waals surface area contributed by atoms with Gasteiger partial charge in [0, 0.05) is 25.1 Å². The Kier molecular flexibility index (Phi) is 6.65. The van der Waals surface area contributed by atoms with E-state index >= 15 is 0 Å². The molecule has 1 aromatic heterocycles. The quantitative estimate of drug-likeness (QED) is 0.711. The lowest BCUT2D eigenvalue weighted by Gasteiger charge is -2.11. The highest BCUT2D eigenvalue weighted by Gasteiger charge is 2.10. The van der Waals surface area contributed by atoms with E-state index in [1.165, 1.54) is 0 Å². The van der Waals surface area contributed by atoms with Crippen LogP contribution in [0.1, 0.15) is 25.7 Å². The molecule has 2 N–H and O–H groups in total. The van der Waals surface area contributed by atoms with Crippen LogP contribution in [-0.4, -0.2) is 33.8 Å². The smallest absolute Gasteiger partial charge is 0.257 e. The number of ether oxygens (including phenoxy) is 1. The maximum absolute atomic E-state index is 11.8. The van der Waals surface area contributed by atoms with Crippen molar-refractivity contribution in [1.82, 2.24) is 20.1 Å². The van der Waals surface area contributed by atoms with Gasteiger partial charge >= 0.3 is 0 Å². The highest BCUT2D eigenvalue weighted by atomic mass is 35.5. The number of nitrogens with one attached hydrogen (secondary N) is 2. The summed E-state index contributed by atoms with van der Waals surface area (Å²) in [6, 6.07) is 5.05. The molecule has 1 aromatic carbocycles. The molecule has 0 saturated heterocycles. The summed E-state index contributed by atoms with van der Waals surface area (Å²) in [5.74, 6) is 1.06. The second-order valence-electron chi connectivity index (χ2n) is 5.37. The van der Waals surface area contributed by atoms with Crippen molar-refractivity contribution in [2.45, 2.75) is 26.3 Å². The average Bonchev–Trinajstić information content (AvgIpc) is 2.89. The SMILES string of the molecule is CC(C)n1c(CCNC(=O)COc2ccc(Cl)c(Cl)c2)n[nH]c1=S. The standard InChI is InChI=1S/C15H18Cl2N4O2S/c1-9(2)21-13(19-20-15(21)24)5-6-18-14(22)8-23-10-3-4-11(16)12(17)7-10/h3-4,7,9H,5-6,8H2,1-2H3,(H,18,22)(H,20,24). The predicted octanol–water partition coefficient (Wildman–Crippen LogP) is 3.57. The van der Waals surface area contributed by atoms with Gasteiger partial charge in [-0.05, 0) is 38.2 Å². The number of carbonyl (C=O) groups excluding carboxylic acids is 1. The molecule has 24 heavy (non-hydrogen) atoms. The zero-order valence-corrected chi connectivity index (χ0v) is 15.6. The highest BCUT2D eigenvalue weighted by molar-refractivity contribution is 7.71. The molecule has 2 rings (SSSR count). The molecule has 130 valence electrons. The van der Waals surface area contributed by atoms with Crippen LogP contribution in [-0.2, 0) is 11.2 Å². The van der Waals surface area contributed by atoms with E-state index in [2.05, 4.69) is 15.5 Å². The van der Waals surface area contributed by atoms with Gasteiger partial charge in [-0.3, -0.25) is 9.89 Å². The van der Waals surface area contributed by atoms with E-state index in [4.69, 9.17) is 40.2 Å². The Balaban J connectivity index is 1.79. The third kappa shape index (κ3) is 4.96. The molecule has 9 heteroatoms. The number of benzene rings is 1. The third-order valence-electron chi connectivity index (χ3n) is 3.23. The van der Waals surface area contributed by atoms with Gasteiger partial charge in [0.15, 0.2) is 11.4 Å². The summed E-state index contributed by atoms with van der Waals surface area (Å²) in [6.07, 6.45) is 0.573. The van der Waals surface area contributed by atoms with E-state index < -0.39 is 0 Å². The number of rotatable bonds is 7. The number of aromatic nitrogens is 3. The molecular formula is C15H18Cl2N4O2S. The number of H-pyrrole nitrogens is 1. The van der Waals surface area contributed by atoms with E-state index in [0.29, 0.717) is 33.5 Å². The molecule has 0 aliphatic carbocycles. The van der Waals surface area contributed by atoms with E-state index in [1.807, 2.05) is 18.4 Å². The van der Waals surface area contributed by atoms with Crippen LogP contribution in [0.5, 0.6) is 5.75 Å². The molecule has 0 bridgehead atoms. The van der Waals surface area contributed by atoms with Gasteiger partial charge in [0.05, 0.1) is 10.0 Å². The summed E-state index contributed by atoms with van der Waals surface area (Å²) in [7, 11) is 0. The number of hydrogen-bond acceptors (Lipinski definition) is 4. The molecule has 0 saturated carbocycles. The molecule has 0 unspecified atom stereocenters. The number of carbonyl (C=O) groups is 1. The Morgan fingerprint density at radius 2 is 2.17 bits per heavy atom. The van der Waals surface area contributed by atoms with Crippen LogP contribution >= 0.6 is 35.4 Å². The molecule has 0 radical (unpaired) electrons. The van der Waals surface area contributed by atoms with Crippen molar-refractivity contribution in [2.24, 2.45) is 0 Å². The Morgan fingerprint density at radius 1 is 1.42 bits per heavy atom. The number of aromatic amines is 1. The average molecular weight is 389 g/mol. The molecule has 2 aromatic rings. The lowest BCUT2D eigenvalue weighted by Crippen LogP contribution is -2.31. The number of nitrogens with zero attached hydrogens (tertiary/aromatic N) is 2. The van der Waals surface area contributed by atoms with Gasteiger partial charge in [-0.15, -0.1) is 0 Å². The van der Waals surface area contributed by atoms with Crippen molar-refractivity contribution in [3.05, 3.63) is 38.8 Å². The lowest BCUT2D eigenvalue weighted by atomic mass is 10.3. The molecule has 0 fully saturated rings. The van der Waals surface area contributed by atoms with Gasteiger partial charge in [0.1, 0.15) is 11.6 Å². The number of amides is 1. The Hall–Kier alpha value is -1.57. The first kappa shape index (κ1) is 18.8. The van der Waals surface area contributed by atoms with Crippen molar-refractivity contribution in [3.8, 4) is 5.75 Å². The second kappa shape index (κ2) is 8.50. The molecule has 6 nitrogen and oxygen atoms in total. The van der Waals surface area contributed by atoms with Crippen LogP contribution in [0.4, 0.5) is 0 Å². The van der Waals surface area contributed by atoms with E-state index in [1.54, 1.807) is 18.2 Å². The molecule has 1 heterocycles. The van der Waals surface area contributed by atoms with E-state index in [-0.39, 0.29) is 18.6 Å². The van der Waals surface area contributed by atoms with Crippen molar-refractivity contribution >= 4 is 41.3 Å². The third-order valence-corrected chi connectivity index (χ3v) is 4.25. The van der Waals surface area contributed by atoms with Crippen LogP contribution < -0.4 is 10.1 Å². The summed E-state index contributed by atoms with van der Waals surface area (Å²) in [4.78, 5) is 11.8. The summed E-state index contributed by atoms with van der Waals surface area (Å²) < 4.78 is 7.88. The maximum atomic E-state index is 11.8. The fourth-order valence-corrected chi connectivity index (χ4v) is 2.78. The predicted molar refractivity (Wildman–Crippen MR) is 96.5 cm³/mol. The van der Waals surface area contributed by atoms with E-state index in [9.17, 15) is 4.79 Å². The first-order valence-electron chi connectivity index (χ1n) is 7.39. The molecule has 0 aliphatic heterocycles. The molecule has 0 spiro atoms. The van der Waals surface area contributed by atoms with Gasteiger partial charge in [-0.2, -0.15) is 5.10 Å². The molecule has 0 aliphatic rings. The number of hydrogen-bond donors (Lipinski definition) is 2. The summed E-state index contributed by atoms with van der Waals surface area (Å²) >= 11 is 16.9. The van der Waals surface area contributed by atoms with Crippen LogP contribution in [0.25, 0.3) is 0 Å². The minimum atomic E-state index is -0.230. The van der Waals surface area contributed by atoms with Gasteiger partial charge in [0.25, 0.3) is 5.91 Å². The van der Waals surface area contributed by atoms with Crippen LogP contribution in [0, 0.1) is 4.77 Å². The highest BCUT2D eigenvalue weighted by Crippen LogP contribution is 2.26. The van der Waals surface area contributed by atoms with Crippen molar-refractivity contribution < 1.29 is 9.53 Å². The summed E-state index contributed by atoms with van der Waals surface area (Å²) in [5.41, 5.74) is 0. The minimum Gasteiger partial charge on any atom is -0.484 e. The van der Waals surface area contributed by atoms with E-state index in [0.717, 1.165) is 5.82 Å². The lowest BCUT2D eigenvalue weighted by molar-refractivity contribution is -0.123. The topological polar surface area (TPSA) is 71.9 Å². The fourth-order valence-electron chi connectivity index (χ4n) is 2.13. The summed E-state index contributed by atoms with van der Waals surface area (Å²) in [6.45, 7) is 4.39.